The number of hydrogen-bond acceptors (Lipinski definition) is 1. The van der Waals surface area contributed by atoms with Crippen LogP contribution in [0.1, 0.15) is 12.8 Å². The van der Waals surface area contributed by atoms with Crippen molar-refractivity contribution in [1.29, 1.82) is 0 Å². The average molecular weight is 98.2 g/mol. The Morgan fingerprint density at radius 3 is 3.57 bits per heavy atom. The second-order valence-corrected chi connectivity index (χ2v) is 1.74. The lowest BCUT2D eigenvalue weighted by molar-refractivity contribution is 0.721. The normalized spacial score (nSPS) is 26.6. The van der Waals surface area contributed by atoms with Gasteiger partial charge in [0, 0.05) is 6.54 Å². The molecule has 1 nitrogen and oxygen atoms in total. The third-order valence-electron chi connectivity index (χ3n) is 1.09. The van der Waals surface area contributed by atoms with Crippen molar-refractivity contribution in [2.75, 3.05) is 13.1 Å². The number of nitrogens with one attached hydrogen (secondary N) is 1. The van der Waals surface area contributed by atoms with Crippen LogP contribution in [-0.2, 0) is 0 Å². The van der Waals surface area contributed by atoms with Crippen molar-refractivity contribution in [2.24, 2.45) is 0 Å². The summed E-state index contributed by atoms with van der Waals surface area (Å²) in [5.74, 6) is 0. The lowest BCUT2D eigenvalue weighted by Gasteiger charge is -1.91. The molecule has 0 fully saturated rings. The van der Waals surface area contributed by atoms with Crippen molar-refractivity contribution in [3.05, 3.63) is 12.2 Å². The van der Waals surface area contributed by atoms with Gasteiger partial charge in [0.25, 0.3) is 0 Å². The maximum Gasteiger partial charge on any atom is 0.123 e. The summed E-state index contributed by atoms with van der Waals surface area (Å²) >= 11 is 0. The molecule has 0 aromatic rings. The molecule has 0 spiro atoms. The molecule has 0 aromatic heterocycles. The molecule has 0 atom stereocenters. The Bertz CT molecular complexity index is 90.5. The lowest BCUT2D eigenvalue weighted by atomic mass is 10.3. The Hall–Kier alpha value is -0.300. The Morgan fingerprint density at radius 2 is 2.57 bits per heavy atom. The minimum Gasteiger partial charge on any atom is -0.313 e. The van der Waals surface area contributed by atoms with E-state index in [2.05, 4.69) is 12.2 Å². The van der Waals surface area contributed by atoms with E-state index in [0.29, 0.717) is 0 Å². The molecule has 0 aliphatic carbocycles. The molecular weight excluding hydrogens is 86.1 g/mol. The zero-order chi connectivity index (χ0) is 5.82. The molecule has 0 unspecified atom stereocenters. The van der Waals surface area contributed by atoms with Crippen LogP contribution in [0.5, 0.6) is 0 Å². The van der Waals surface area contributed by atoms with Crippen molar-refractivity contribution >= 4 is 0 Å². The molecule has 1 N–H and O–H groups in total. The molecule has 1 aliphatic rings. The highest BCUT2D eigenvalue weighted by molar-refractivity contribution is 4.86. The van der Waals surface area contributed by atoms with Crippen LogP contribution in [0.15, 0.2) is 12.2 Å². The van der Waals surface area contributed by atoms with Crippen LogP contribution >= 0.6 is 0 Å². The van der Waals surface area contributed by atoms with E-state index in [1.165, 1.54) is 0 Å². The summed E-state index contributed by atoms with van der Waals surface area (Å²) in [7, 11) is 0. The summed E-state index contributed by atoms with van der Waals surface area (Å²) in [6.45, 7) is 1.73. The highest BCUT2D eigenvalue weighted by Crippen LogP contribution is 1.91. The summed E-state index contributed by atoms with van der Waals surface area (Å²) in [6.07, 6.45) is 6.49. The Labute approximate surface area is 45.9 Å². The van der Waals surface area contributed by atoms with Gasteiger partial charge in [0.05, 0.1) is 0 Å². The quantitative estimate of drug-likeness (QED) is 0.444. The molecule has 40 valence electrons. The van der Waals surface area contributed by atoms with Crippen LogP contribution in [0.3, 0.4) is 0 Å². The van der Waals surface area contributed by atoms with E-state index in [4.69, 9.17) is 1.41 Å². The van der Waals surface area contributed by atoms with Crippen LogP contribution in [0.2, 0.25) is 1.41 Å². The molecular formula is C6H11N. The maximum atomic E-state index is 7.19. The van der Waals surface area contributed by atoms with Gasteiger partial charge in [-0.3, -0.25) is 0 Å². The van der Waals surface area contributed by atoms with Gasteiger partial charge in [-0.25, -0.2) is 0 Å². The summed E-state index contributed by atoms with van der Waals surface area (Å²) < 4.78 is 7.19. The van der Waals surface area contributed by atoms with E-state index in [9.17, 15) is 0 Å². The van der Waals surface area contributed by atoms with Gasteiger partial charge in [-0.05, 0) is 19.4 Å². The van der Waals surface area contributed by atoms with Gasteiger partial charge in [0.15, 0.2) is 0 Å². The molecule has 0 saturated carbocycles. The first kappa shape index (κ1) is 3.67. The molecule has 0 saturated heterocycles. The van der Waals surface area contributed by atoms with Crippen molar-refractivity contribution < 1.29 is 1.41 Å². The van der Waals surface area contributed by atoms with Crippen molar-refractivity contribution in [3.8, 4) is 0 Å². The van der Waals surface area contributed by atoms with Crippen LogP contribution < -0.4 is 5.31 Å². The van der Waals surface area contributed by atoms with Crippen molar-refractivity contribution in [3.63, 3.8) is 0 Å². The first-order chi connectivity index (χ1) is 3.89. The van der Waals surface area contributed by atoms with Crippen LogP contribution in [0, 0.1) is 0 Å². The minimum atomic E-state index is 0.806. The minimum absolute atomic E-state index is 0.806. The fraction of sp³-hybridized carbons (Fsp3) is 0.667. The molecule has 7 heavy (non-hydrogen) atoms. The second-order valence-electron chi connectivity index (χ2n) is 1.74. The smallest absolute Gasteiger partial charge is 0.123 e. The maximum absolute atomic E-state index is 7.19. The summed E-state index contributed by atoms with van der Waals surface area (Å²) in [5, 5.41) is 1.59. The van der Waals surface area contributed by atoms with Crippen molar-refractivity contribution in [2.45, 2.75) is 12.8 Å². The number of hydrogen-bond donors (Lipinski definition) is 1. The molecule has 1 heteroatoms. The third-order valence-corrected chi connectivity index (χ3v) is 1.09. The van der Waals surface area contributed by atoms with Gasteiger partial charge >= 0.3 is 0 Å². The second kappa shape index (κ2) is 2.80. The number of rotatable bonds is 0. The molecule has 1 aliphatic heterocycles. The summed E-state index contributed by atoms with van der Waals surface area (Å²) in [5.41, 5.74) is 0. The van der Waals surface area contributed by atoms with Gasteiger partial charge in [-0.2, -0.15) is 0 Å². The van der Waals surface area contributed by atoms with Gasteiger partial charge < -0.3 is 5.31 Å². The molecule has 1 heterocycles. The van der Waals surface area contributed by atoms with Crippen molar-refractivity contribution in [1.82, 2.24) is 5.31 Å². The van der Waals surface area contributed by atoms with E-state index >= 15 is 0 Å². The predicted octanol–water partition coefficient (Wildman–Crippen LogP) is 0.926. The third kappa shape index (κ3) is 1.74. The van der Waals surface area contributed by atoms with Gasteiger partial charge in [-0.1, -0.05) is 12.2 Å². The zero-order valence-electron chi connectivity index (χ0n) is 5.43. The highest BCUT2D eigenvalue weighted by Gasteiger charge is 1.86. The van der Waals surface area contributed by atoms with E-state index in [0.717, 1.165) is 25.9 Å². The van der Waals surface area contributed by atoms with Gasteiger partial charge in [0.1, 0.15) is 1.41 Å². The molecule has 0 bridgehead atoms. The van der Waals surface area contributed by atoms with Gasteiger partial charge in [-0.15, -0.1) is 0 Å². The number of allylic oxidation sites excluding steroid dienone is 1. The Morgan fingerprint density at radius 1 is 1.57 bits per heavy atom. The Kier molecular flexibility index (Phi) is 1.47. The van der Waals surface area contributed by atoms with E-state index in [1.807, 2.05) is 0 Å². The predicted molar refractivity (Wildman–Crippen MR) is 31.2 cm³/mol. The topological polar surface area (TPSA) is 12.0 Å². The first-order valence-electron chi connectivity index (χ1n) is 3.23. The van der Waals surface area contributed by atoms with E-state index in [-0.39, 0.29) is 0 Å². The molecule has 0 amide bonds. The van der Waals surface area contributed by atoms with Gasteiger partial charge in [0.2, 0.25) is 0 Å². The standard InChI is InChI=1S/C6H11N/c1-2-4-6-7-5-3-1/h1,3,7H,2,4-6H2/i/hD. The van der Waals surface area contributed by atoms with Crippen LogP contribution in [0.4, 0.5) is 0 Å². The SMILES string of the molecule is [2H]N1CC=CCCC1. The largest absolute Gasteiger partial charge is 0.313 e. The zero-order valence-corrected chi connectivity index (χ0v) is 4.43. The summed E-state index contributed by atoms with van der Waals surface area (Å²) in [4.78, 5) is 0. The fourth-order valence-electron chi connectivity index (χ4n) is 0.679. The monoisotopic (exact) mass is 98.1 g/mol. The molecule has 0 radical (unpaired) electrons. The average Bonchev–Trinajstić information content (AvgIpc) is 1.94. The van der Waals surface area contributed by atoms with E-state index in [1.54, 1.807) is 5.31 Å². The van der Waals surface area contributed by atoms with E-state index < -0.39 is 0 Å². The fourth-order valence-corrected chi connectivity index (χ4v) is 0.679. The summed E-state index contributed by atoms with van der Waals surface area (Å²) in [6, 6.07) is 0. The Balaban J connectivity index is 2.30. The molecule has 0 aromatic carbocycles. The van der Waals surface area contributed by atoms with Crippen LogP contribution in [0.25, 0.3) is 0 Å². The van der Waals surface area contributed by atoms with Crippen LogP contribution in [-0.4, -0.2) is 13.1 Å². The first-order valence-corrected chi connectivity index (χ1v) is 2.78. The molecule has 1 rings (SSSR count). The highest BCUT2D eigenvalue weighted by atomic mass is 14.8. The lowest BCUT2D eigenvalue weighted by Crippen LogP contribution is -2.12.